The van der Waals surface area contributed by atoms with E-state index < -0.39 is 6.61 Å². The van der Waals surface area contributed by atoms with Crippen molar-refractivity contribution in [2.24, 2.45) is 11.7 Å². The van der Waals surface area contributed by atoms with Gasteiger partial charge in [-0.15, -0.1) is 0 Å². The molecule has 0 radical (unpaired) electrons. The van der Waals surface area contributed by atoms with Gasteiger partial charge < -0.3 is 10.5 Å². The summed E-state index contributed by atoms with van der Waals surface area (Å²) in [5.41, 5.74) is 7.00. The normalized spacial score (nSPS) is 17.0. The topological polar surface area (TPSA) is 38.5 Å². The van der Waals surface area contributed by atoms with Crippen LogP contribution in [0.1, 0.15) is 37.8 Å². The Hall–Kier alpha value is -1.20. The molecular weight excluding hydrogens is 274 g/mol. The van der Waals surface area contributed by atoms with Crippen LogP contribution in [-0.4, -0.2) is 31.1 Å². The van der Waals surface area contributed by atoms with Crippen molar-refractivity contribution in [1.29, 1.82) is 0 Å². The first-order chi connectivity index (χ1) is 10.1. The van der Waals surface area contributed by atoms with Gasteiger partial charge in [-0.2, -0.15) is 8.78 Å². The lowest BCUT2D eigenvalue weighted by atomic mass is 9.84. The van der Waals surface area contributed by atoms with Gasteiger partial charge in [0.05, 0.1) is 0 Å². The van der Waals surface area contributed by atoms with Gasteiger partial charge in [-0.1, -0.05) is 25.5 Å². The highest BCUT2D eigenvalue weighted by Gasteiger charge is 2.24. The molecule has 0 saturated heterocycles. The van der Waals surface area contributed by atoms with Crippen LogP contribution >= 0.6 is 0 Å². The molecule has 1 saturated carbocycles. The van der Waals surface area contributed by atoms with Gasteiger partial charge in [0.25, 0.3) is 0 Å². The molecule has 1 unspecified atom stereocenters. The molecule has 0 spiro atoms. The molecule has 1 aromatic carbocycles. The van der Waals surface area contributed by atoms with Crippen molar-refractivity contribution >= 4 is 0 Å². The Morgan fingerprint density at radius 3 is 2.38 bits per heavy atom. The average molecular weight is 298 g/mol. The summed E-state index contributed by atoms with van der Waals surface area (Å²) >= 11 is 0. The molecule has 0 heterocycles. The first-order valence-electron chi connectivity index (χ1n) is 7.63. The minimum atomic E-state index is -2.79. The maximum absolute atomic E-state index is 12.2. The molecule has 1 atom stereocenters. The summed E-state index contributed by atoms with van der Waals surface area (Å²) in [6, 6.07) is 6.97. The number of ether oxygens (including phenoxy) is 1. The summed E-state index contributed by atoms with van der Waals surface area (Å²) < 4.78 is 28.7. The number of nitrogens with two attached hydrogens (primary N) is 1. The summed E-state index contributed by atoms with van der Waals surface area (Å²) in [7, 11) is 0. The minimum Gasteiger partial charge on any atom is -0.435 e. The van der Waals surface area contributed by atoms with Crippen LogP contribution in [0.25, 0.3) is 0 Å². The molecule has 118 valence electrons. The lowest BCUT2D eigenvalue weighted by molar-refractivity contribution is -0.0498. The van der Waals surface area contributed by atoms with Crippen molar-refractivity contribution < 1.29 is 13.5 Å². The van der Waals surface area contributed by atoms with Gasteiger partial charge in [-0.25, -0.2) is 0 Å². The van der Waals surface area contributed by atoms with E-state index in [-0.39, 0.29) is 11.8 Å². The molecule has 21 heavy (non-hydrogen) atoms. The number of rotatable bonds is 8. The number of alkyl halides is 2. The third-order valence-corrected chi connectivity index (χ3v) is 4.28. The number of hydrogen-bond acceptors (Lipinski definition) is 3. The lowest BCUT2D eigenvalue weighted by Gasteiger charge is -2.36. The van der Waals surface area contributed by atoms with E-state index in [2.05, 4.69) is 16.6 Å². The molecular formula is C16H24F2N2O. The van der Waals surface area contributed by atoms with Crippen LogP contribution < -0.4 is 10.5 Å². The molecule has 0 aromatic heterocycles. The van der Waals surface area contributed by atoms with Gasteiger partial charge in [0.1, 0.15) is 5.75 Å². The molecule has 0 amide bonds. The Bertz CT molecular complexity index is 421. The molecule has 1 fully saturated rings. The number of halogens is 2. The van der Waals surface area contributed by atoms with Gasteiger partial charge in [0.15, 0.2) is 0 Å². The van der Waals surface area contributed by atoms with E-state index in [1.807, 2.05) is 12.1 Å². The zero-order valence-electron chi connectivity index (χ0n) is 12.5. The molecule has 3 nitrogen and oxygen atoms in total. The quantitative estimate of drug-likeness (QED) is 0.799. The number of likely N-dealkylation sites (N-methyl/N-ethyl adjacent to an activating group) is 1. The van der Waals surface area contributed by atoms with Gasteiger partial charge in [0.2, 0.25) is 0 Å². The monoisotopic (exact) mass is 298 g/mol. The van der Waals surface area contributed by atoms with Crippen molar-refractivity contribution in [3.63, 3.8) is 0 Å². The second-order valence-electron chi connectivity index (χ2n) is 5.58. The largest absolute Gasteiger partial charge is 0.435 e. The first-order valence-corrected chi connectivity index (χ1v) is 7.63. The third kappa shape index (κ3) is 4.38. The molecule has 1 aliphatic carbocycles. The summed E-state index contributed by atoms with van der Waals surface area (Å²) in [6.45, 7) is 1.87. The fraction of sp³-hybridized carbons (Fsp3) is 0.625. The summed E-state index contributed by atoms with van der Waals surface area (Å²) in [5.74, 6) is 0.965. The molecule has 0 bridgehead atoms. The fourth-order valence-electron chi connectivity index (χ4n) is 2.85. The highest BCUT2D eigenvalue weighted by Crippen LogP contribution is 2.30. The molecule has 0 aliphatic heterocycles. The maximum Gasteiger partial charge on any atom is 0.387 e. The zero-order chi connectivity index (χ0) is 15.2. The van der Waals surface area contributed by atoms with Gasteiger partial charge in [0, 0.05) is 19.1 Å². The van der Waals surface area contributed by atoms with Gasteiger partial charge in [-0.05, 0) is 43.0 Å². The Balaban J connectivity index is 2.03. The SMILES string of the molecule is CCN(CC1CCC1)C(CN)c1ccc(OC(F)F)cc1. The Morgan fingerprint density at radius 2 is 1.95 bits per heavy atom. The summed E-state index contributed by atoms with van der Waals surface area (Å²) in [4.78, 5) is 2.38. The van der Waals surface area contributed by atoms with Crippen LogP contribution in [0.2, 0.25) is 0 Å². The van der Waals surface area contributed by atoms with E-state index in [0.29, 0.717) is 6.54 Å². The first kappa shape index (κ1) is 16.2. The van der Waals surface area contributed by atoms with Crippen molar-refractivity contribution in [2.75, 3.05) is 19.6 Å². The van der Waals surface area contributed by atoms with E-state index >= 15 is 0 Å². The highest BCUT2D eigenvalue weighted by atomic mass is 19.3. The van der Waals surface area contributed by atoms with E-state index in [1.54, 1.807) is 12.1 Å². The van der Waals surface area contributed by atoms with E-state index in [1.165, 1.54) is 19.3 Å². The van der Waals surface area contributed by atoms with E-state index in [4.69, 9.17) is 5.73 Å². The van der Waals surface area contributed by atoms with Crippen molar-refractivity contribution in [2.45, 2.75) is 38.8 Å². The van der Waals surface area contributed by atoms with E-state index in [0.717, 1.165) is 24.6 Å². The molecule has 1 aliphatic rings. The third-order valence-electron chi connectivity index (χ3n) is 4.28. The van der Waals surface area contributed by atoms with Crippen molar-refractivity contribution in [3.05, 3.63) is 29.8 Å². The van der Waals surface area contributed by atoms with Crippen LogP contribution in [-0.2, 0) is 0 Å². The van der Waals surface area contributed by atoms with Crippen LogP contribution in [0.4, 0.5) is 8.78 Å². The second-order valence-corrected chi connectivity index (χ2v) is 5.58. The second kappa shape index (κ2) is 7.71. The molecule has 5 heteroatoms. The van der Waals surface area contributed by atoms with Crippen LogP contribution in [0.3, 0.4) is 0 Å². The maximum atomic E-state index is 12.2. The predicted octanol–water partition coefficient (Wildman–Crippen LogP) is 3.41. The number of hydrogen-bond donors (Lipinski definition) is 1. The summed E-state index contributed by atoms with van der Waals surface area (Å²) in [5, 5.41) is 0. The van der Waals surface area contributed by atoms with Crippen molar-refractivity contribution in [1.82, 2.24) is 4.90 Å². The Labute approximate surface area is 125 Å². The minimum absolute atomic E-state index is 0.135. The Kier molecular flexibility index (Phi) is 5.94. The van der Waals surface area contributed by atoms with Crippen LogP contribution in [0.15, 0.2) is 24.3 Å². The average Bonchev–Trinajstić information content (AvgIpc) is 2.42. The van der Waals surface area contributed by atoms with Gasteiger partial charge >= 0.3 is 6.61 Å². The van der Waals surface area contributed by atoms with Crippen LogP contribution in [0.5, 0.6) is 5.75 Å². The highest BCUT2D eigenvalue weighted by molar-refractivity contribution is 5.29. The molecule has 1 aromatic rings. The van der Waals surface area contributed by atoms with Crippen molar-refractivity contribution in [3.8, 4) is 5.75 Å². The number of benzene rings is 1. The Morgan fingerprint density at radius 1 is 1.29 bits per heavy atom. The standard InChI is InChI=1S/C16H24F2N2O/c1-2-20(11-12-4-3-5-12)15(10-19)13-6-8-14(9-7-13)21-16(17)18/h6-9,12,15-16H,2-5,10-11,19H2,1H3. The predicted molar refractivity (Wildman–Crippen MR) is 79.5 cm³/mol. The summed E-state index contributed by atoms with van der Waals surface area (Å²) in [6.07, 6.45) is 3.93. The van der Waals surface area contributed by atoms with E-state index in [9.17, 15) is 8.78 Å². The molecule has 2 N–H and O–H groups in total. The van der Waals surface area contributed by atoms with Crippen LogP contribution in [0, 0.1) is 5.92 Å². The lowest BCUT2D eigenvalue weighted by Crippen LogP contribution is -2.38. The number of nitrogens with zero attached hydrogens (tertiary/aromatic N) is 1. The van der Waals surface area contributed by atoms with Gasteiger partial charge in [-0.3, -0.25) is 4.90 Å². The zero-order valence-corrected chi connectivity index (χ0v) is 12.5. The fourth-order valence-corrected chi connectivity index (χ4v) is 2.85. The smallest absolute Gasteiger partial charge is 0.387 e. The molecule has 2 rings (SSSR count).